The van der Waals surface area contributed by atoms with Gasteiger partial charge in [-0.25, -0.2) is 8.42 Å². The quantitative estimate of drug-likeness (QED) is 0.276. The summed E-state index contributed by atoms with van der Waals surface area (Å²) in [6.07, 6.45) is 5.77. The lowest BCUT2D eigenvalue weighted by atomic mass is 10.1. The molecule has 0 spiro atoms. The van der Waals surface area contributed by atoms with Gasteiger partial charge in [0.25, 0.3) is 15.9 Å². The molecule has 3 aromatic rings. The lowest BCUT2D eigenvalue weighted by Crippen LogP contribution is -2.35. The minimum atomic E-state index is -4.14. The van der Waals surface area contributed by atoms with Gasteiger partial charge in [0.1, 0.15) is 0 Å². The first-order valence-corrected chi connectivity index (χ1v) is 13.4. The number of unbranched alkanes of at least 4 members (excludes halogenated alkanes) is 1. The van der Waals surface area contributed by atoms with Crippen molar-refractivity contribution in [2.45, 2.75) is 31.1 Å². The van der Waals surface area contributed by atoms with Gasteiger partial charge < -0.3 is 9.47 Å². The van der Waals surface area contributed by atoms with Gasteiger partial charge in [-0.15, -0.1) is 0 Å². The van der Waals surface area contributed by atoms with Crippen molar-refractivity contribution in [1.82, 2.24) is 0 Å². The number of methoxy groups -OCH3 is 2. The lowest BCUT2D eigenvalue weighted by molar-refractivity contribution is -0.113. The fourth-order valence-electron chi connectivity index (χ4n) is 3.53. The number of anilines is 1. The summed E-state index contributed by atoms with van der Waals surface area (Å²) in [5.41, 5.74) is 2.00. The van der Waals surface area contributed by atoms with Crippen LogP contribution in [0.25, 0.3) is 6.08 Å². The zero-order valence-corrected chi connectivity index (χ0v) is 22.3. The first kappa shape index (κ1) is 26.5. The van der Waals surface area contributed by atoms with Gasteiger partial charge in [-0.05, 0) is 82.4 Å². The van der Waals surface area contributed by atoms with E-state index in [-0.39, 0.29) is 10.6 Å². The largest absolute Gasteiger partial charge is 0.493 e. The van der Waals surface area contributed by atoms with Gasteiger partial charge in [-0.2, -0.15) is 4.31 Å². The highest BCUT2D eigenvalue weighted by Crippen LogP contribution is 2.36. The molecule has 0 saturated heterocycles. The number of aryl methyl sites for hydroxylation is 1. The summed E-state index contributed by atoms with van der Waals surface area (Å²) in [6, 6.07) is 18.4. The number of carbonyl (C=O) groups is 1. The van der Waals surface area contributed by atoms with Gasteiger partial charge >= 0.3 is 0 Å². The van der Waals surface area contributed by atoms with Crippen molar-refractivity contribution in [1.29, 1.82) is 0 Å². The first-order valence-electron chi connectivity index (χ1n) is 11.1. The molecule has 0 saturated carbocycles. The molecule has 3 aromatic carbocycles. The Labute approximate surface area is 215 Å². The van der Waals surface area contributed by atoms with E-state index in [2.05, 4.69) is 22.9 Å². The van der Waals surface area contributed by atoms with Gasteiger partial charge in [0.2, 0.25) is 0 Å². The molecule has 0 aromatic heterocycles. The van der Waals surface area contributed by atoms with Crippen LogP contribution in [0, 0.1) is 0 Å². The topological polar surface area (TPSA) is 72.9 Å². The van der Waals surface area contributed by atoms with Gasteiger partial charge in [-0.1, -0.05) is 43.7 Å². The standard InChI is InChI=1S/C27H28BrNO5S/c1-4-5-9-20-12-15-22(16-13-20)29(35(31,32)23-10-7-6-8-11-23)26(30)17-14-21-18-24(28)27(34-3)25(19-21)33-2/h6-8,10-19H,4-5,9H2,1-3H3/b17-14+. The van der Waals surface area contributed by atoms with Crippen LogP contribution in [0.15, 0.2) is 82.2 Å². The molecule has 184 valence electrons. The molecule has 0 unspecified atom stereocenters. The van der Waals surface area contributed by atoms with E-state index in [9.17, 15) is 13.2 Å². The fraction of sp³-hybridized carbons (Fsp3) is 0.222. The number of hydrogen-bond acceptors (Lipinski definition) is 5. The van der Waals surface area contributed by atoms with Crippen molar-refractivity contribution in [3.05, 3.63) is 88.4 Å². The Morgan fingerprint density at radius 1 is 1.00 bits per heavy atom. The number of ether oxygens (including phenoxy) is 2. The molecule has 0 N–H and O–H groups in total. The van der Waals surface area contributed by atoms with E-state index in [4.69, 9.17) is 9.47 Å². The number of hydrogen-bond donors (Lipinski definition) is 0. The molecule has 0 radical (unpaired) electrons. The molecule has 0 aliphatic rings. The lowest BCUT2D eigenvalue weighted by Gasteiger charge is -2.21. The molecule has 8 heteroatoms. The average Bonchev–Trinajstić information content (AvgIpc) is 2.87. The summed E-state index contributed by atoms with van der Waals surface area (Å²) >= 11 is 3.43. The average molecular weight is 558 g/mol. The van der Waals surface area contributed by atoms with Gasteiger partial charge in [0, 0.05) is 6.08 Å². The number of nitrogens with zero attached hydrogens (tertiary/aromatic N) is 1. The van der Waals surface area contributed by atoms with Crippen LogP contribution in [-0.4, -0.2) is 28.5 Å². The fourth-order valence-corrected chi connectivity index (χ4v) is 5.56. The Bertz CT molecular complexity index is 1290. The number of carbonyl (C=O) groups excluding carboxylic acids is 1. The Morgan fingerprint density at radius 2 is 1.69 bits per heavy atom. The van der Waals surface area contributed by atoms with Crippen LogP contribution in [-0.2, 0) is 21.2 Å². The smallest absolute Gasteiger partial charge is 0.271 e. The first-order chi connectivity index (χ1) is 16.8. The summed E-state index contributed by atoms with van der Waals surface area (Å²) < 4.78 is 39.2. The predicted octanol–water partition coefficient (Wildman–Crippen LogP) is 6.24. The molecule has 0 aliphatic heterocycles. The molecular formula is C27H28BrNO5S. The third-order valence-corrected chi connectivity index (χ3v) is 7.67. The maximum absolute atomic E-state index is 13.5. The van der Waals surface area contributed by atoms with Crippen molar-refractivity contribution < 1.29 is 22.7 Å². The second-order valence-corrected chi connectivity index (χ2v) is 10.4. The van der Waals surface area contributed by atoms with Crippen molar-refractivity contribution in [3.8, 4) is 11.5 Å². The van der Waals surface area contributed by atoms with E-state index in [0.29, 0.717) is 21.5 Å². The molecule has 35 heavy (non-hydrogen) atoms. The molecule has 6 nitrogen and oxygen atoms in total. The van der Waals surface area contributed by atoms with Crippen LogP contribution in [0.4, 0.5) is 5.69 Å². The van der Waals surface area contributed by atoms with E-state index >= 15 is 0 Å². The normalized spacial score (nSPS) is 11.4. The maximum Gasteiger partial charge on any atom is 0.271 e. The van der Waals surface area contributed by atoms with E-state index in [0.717, 1.165) is 29.1 Å². The Kier molecular flexibility index (Phi) is 9.12. The van der Waals surface area contributed by atoms with E-state index < -0.39 is 15.9 Å². The monoisotopic (exact) mass is 557 g/mol. The minimum absolute atomic E-state index is 0.0330. The molecule has 0 atom stereocenters. The van der Waals surface area contributed by atoms with Crippen LogP contribution in [0.2, 0.25) is 0 Å². The summed E-state index contributed by atoms with van der Waals surface area (Å²) in [4.78, 5) is 13.4. The van der Waals surface area contributed by atoms with E-state index in [1.165, 1.54) is 38.5 Å². The molecule has 0 bridgehead atoms. The van der Waals surface area contributed by atoms with Crippen LogP contribution in [0.5, 0.6) is 11.5 Å². The van der Waals surface area contributed by atoms with Gasteiger partial charge in [0.15, 0.2) is 11.5 Å². The molecule has 1 amide bonds. The van der Waals surface area contributed by atoms with Crippen molar-refractivity contribution >= 4 is 43.6 Å². The number of amides is 1. The Hall–Kier alpha value is -3.10. The SMILES string of the molecule is CCCCc1ccc(N(C(=O)/C=C/c2cc(Br)c(OC)c(OC)c2)S(=O)(=O)c2ccccc2)cc1. The molecule has 0 aliphatic carbocycles. The van der Waals surface area contributed by atoms with Gasteiger partial charge in [-0.3, -0.25) is 4.79 Å². The molecule has 0 heterocycles. The second-order valence-electron chi connectivity index (χ2n) is 7.76. The maximum atomic E-state index is 13.5. The van der Waals surface area contributed by atoms with E-state index in [1.807, 2.05) is 12.1 Å². The van der Waals surface area contributed by atoms with Crippen LogP contribution < -0.4 is 13.8 Å². The second kappa shape index (κ2) is 12.0. The summed E-state index contributed by atoms with van der Waals surface area (Å²) in [5.74, 6) is 0.305. The van der Waals surface area contributed by atoms with Crippen molar-refractivity contribution in [2.24, 2.45) is 0 Å². The highest BCUT2D eigenvalue weighted by atomic mass is 79.9. The van der Waals surface area contributed by atoms with Crippen LogP contribution in [0.3, 0.4) is 0 Å². The number of sulfonamides is 1. The number of benzene rings is 3. The summed E-state index contributed by atoms with van der Waals surface area (Å²) in [5, 5.41) is 0. The Balaban J connectivity index is 2.01. The van der Waals surface area contributed by atoms with Crippen LogP contribution >= 0.6 is 15.9 Å². The highest BCUT2D eigenvalue weighted by Gasteiger charge is 2.29. The molecule has 3 rings (SSSR count). The van der Waals surface area contributed by atoms with Crippen LogP contribution in [0.1, 0.15) is 30.9 Å². The molecular weight excluding hydrogens is 530 g/mol. The van der Waals surface area contributed by atoms with Gasteiger partial charge in [0.05, 0.1) is 29.3 Å². The van der Waals surface area contributed by atoms with Crippen molar-refractivity contribution in [3.63, 3.8) is 0 Å². The number of halogens is 1. The molecule has 0 fully saturated rings. The highest BCUT2D eigenvalue weighted by molar-refractivity contribution is 9.10. The van der Waals surface area contributed by atoms with Crippen molar-refractivity contribution in [2.75, 3.05) is 18.5 Å². The Morgan fingerprint density at radius 3 is 2.29 bits per heavy atom. The zero-order chi connectivity index (χ0) is 25.4. The third-order valence-electron chi connectivity index (χ3n) is 5.35. The predicted molar refractivity (Wildman–Crippen MR) is 142 cm³/mol. The zero-order valence-electron chi connectivity index (χ0n) is 19.9. The number of rotatable bonds is 10. The minimum Gasteiger partial charge on any atom is -0.493 e. The van der Waals surface area contributed by atoms with E-state index in [1.54, 1.807) is 42.5 Å². The summed E-state index contributed by atoms with van der Waals surface area (Å²) in [6.45, 7) is 2.12. The summed E-state index contributed by atoms with van der Waals surface area (Å²) in [7, 11) is -1.10. The third kappa shape index (κ3) is 6.32.